The Bertz CT molecular complexity index is 1030. The van der Waals surface area contributed by atoms with Gasteiger partial charge in [-0.2, -0.15) is 5.10 Å². The van der Waals surface area contributed by atoms with Crippen molar-refractivity contribution >= 4 is 40.2 Å². The summed E-state index contributed by atoms with van der Waals surface area (Å²) in [6.45, 7) is 1.31. The van der Waals surface area contributed by atoms with E-state index in [-0.39, 0.29) is 16.4 Å². The summed E-state index contributed by atoms with van der Waals surface area (Å²) in [7, 11) is 0. The fourth-order valence-electron chi connectivity index (χ4n) is 2.30. The molecule has 0 saturated heterocycles. The maximum Gasteiger partial charge on any atom is 0.271 e. The Labute approximate surface area is 163 Å². The monoisotopic (exact) mass is 400 g/mol. The number of thiazole rings is 1. The lowest BCUT2D eigenvalue weighted by molar-refractivity contribution is -0.115. The highest BCUT2D eigenvalue weighted by Crippen LogP contribution is 2.30. The van der Waals surface area contributed by atoms with E-state index in [0.29, 0.717) is 5.69 Å². The summed E-state index contributed by atoms with van der Waals surface area (Å²) >= 11 is 1.13. The third kappa shape index (κ3) is 4.44. The molecule has 6 nitrogen and oxygen atoms in total. The normalized spacial score (nSPS) is 10.8. The van der Waals surface area contributed by atoms with Crippen LogP contribution in [0.1, 0.15) is 23.0 Å². The fraction of sp³-hybridized carbons (Fsp3) is 0.0526. The van der Waals surface area contributed by atoms with Gasteiger partial charge in [0.25, 0.3) is 5.91 Å². The number of hydrogen-bond acceptors (Lipinski definition) is 5. The molecule has 9 heteroatoms. The van der Waals surface area contributed by atoms with Crippen LogP contribution in [-0.4, -0.2) is 23.0 Å². The van der Waals surface area contributed by atoms with Gasteiger partial charge in [-0.25, -0.2) is 19.2 Å². The molecule has 142 valence electrons. The number of hydrazone groups is 1. The van der Waals surface area contributed by atoms with Gasteiger partial charge in [-0.1, -0.05) is 12.1 Å². The van der Waals surface area contributed by atoms with E-state index in [1.165, 1.54) is 55.6 Å². The molecule has 1 heterocycles. The van der Waals surface area contributed by atoms with E-state index in [4.69, 9.17) is 0 Å². The Hall–Kier alpha value is -3.46. The van der Waals surface area contributed by atoms with Gasteiger partial charge in [0, 0.05) is 17.9 Å². The summed E-state index contributed by atoms with van der Waals surface area (Å²) in [5, 5.41) is 5.67. The van der Waals surface area contributed by atoms with Gasteiger partial charge in [0.2, 0.25) is 5.91 Å². The molecule has 0 fully saturated rings. The number of benzene rings is 2. The predicted octanol–water partition coefficient (Wildman–Crippen LogP) is 3.87. The Balaban J connectivity index is 1.73. The smallest absolute Gasteiger partial charge is 0.271 e. The Kier molecular flexibility index (Phi) is 5.85. The number of amides is 2. The summed E-state index contributed by atoms with van der Waals surface area (Å²) in [6, 6.07) is 10.9. The summed E-state index contributed by atoms with van der Waals surface area (Å²) in [6.07, 6.45) is 1.29. The number of nitrogens with zero attached hydrogens (tertiary/aromatic N) is 3. The van der Waals surface area contributed by atoms with Crippen LogP contribution < -0.4 is 10.3 Å². The van der Waals surface area contributed by atoms with E-state index in [0.717, 1.165) is 16.2 Å². The largest absolute Gasteiger partial charge is 0.274 e. The van der Waals surface area contributed by atoms with Gasteiger partial charge in [0.05, 0.1) is 17.6 Å². The standard InChI is InChI=1S/C19H14F2N4O2S/c1-12(26)25(17-5-3-2-4-16(17)21)19-23-15(11-28-19)10-22-24-18(27)13-6-8-14(20)9-7-13/h2-11H,1H3,(H,24,27)/b22-10-. The van der Waals surface area contributed by atoms with Crippen LogP contribution in [0.15, 0.2) is 59.0 Å². The van der Waals surface area contributed by atoms with E-state index in [2.05, 4.69) is 15.5 Å². The van der Waals surface area contributed by atoms with Crippen molar-refractivity contribution in [2.45, 2.75) is 6.92 Å². The first-order valence-electron chi connectivity index (χ1n) is 8.05. The van der Waals surface area contributed by atoms with Crippen molar-refractivity contribution in [1.82, 2.24) is 10.4 Å². The first kappa shape index (κ1) is 19.3. The van der Waals surface area contributed by atoms with Crippen molar-refractivity contribution in [1.29, 1.82) is 0 Å². The number of para-hydroxylation sites is 1. The molecule has 0 aliphatic heterocycles. The van der Waals surface area contributed by atoms with E-state index >= 15 is 0 Å². The number of carbonyl (C=O) groups is 2. The highest BCUT2D eigenvalue weighted by atomic mass is 32.1. The molecule has 2 aromatic carbocycles. The van der Waals surface area contributed by atoms with Crippen LogP contribution in [0, 0.1) is 11.6 Å². The minimum absolute atomic E-state index is 0.0949. The number of hydrogen-bond donors (Lipinski definition) is 1. The van der Waals surface area contributed by atoms with Gasteiger partial charge in [-0.3, -0.25) is 14.5 Å². The Morgan fingerprint density at radius 3 is 2.54 bits per heavy atom. The zero-order valence-corrected chi connectivity index (χ0v) is 15.4. The van der Waals surface area contributed by atoms with Gasteiger partial charge in [0.15, 0.2) is 5.13 Å². The molecule has 0 radical (unpaired) electrons. The summed E-state index contributed by atoms with van der Waals surface area (Å²) < 4.78 is 26.9. The molecule has 0 unspecified atom stereocenters. The average Bonchev–Trinajstić information content (AvgIpc) is 3.12. The van der Waals surface area contributed by atoms with Crippen molar-refractivity contribution in [3.63, 3.8) is 0 Å². The zero-order chi connectivity index (χ0) is 20.1. The van der Waals surface area contributed by atoms with E-state index in [9.17, 15) is 18.4 Å². The first-order valence-corrected chi connectivity index (χ1v) is 8.93. The summed E-state index contributed by atoms with van der Waals surface area (Å²) in [5.41, 5.74) is 3.02. The number of nitrogens with one attached hydrogen (secondary N) is 1. The van der Waals surface area contributed by atoms with Crippen molar-refractivity contribution in [2.75, 3.05) is 4.90 Å². The molecule has 0 spiro atoms. The zero-order valence-electron chi connectivity index (χ0n) is 14.6. The van der Waals surface area contributed by atoms with Crippen molar-refractivity contribution in [3.8, 4) is 0 Å². The second-order valence-corrected chi connectivity index (χ2v) is 6.40. The van der Waals surface area contributed by atoms with Crippen LogP contribution in [0.2, 0.25) is 0 Å². The van der Waals surface area contributed by atoms with Crippen molar-refractivity contribution in [3.05, 3.63) is 76.8 Å². The van der Waals surface area contributed by atoms with E-state index in [1.54, 1.807) is 11.4 Å². The molecular weight excluding hydrogens is 386 g/mol. The minimum Gasteiger partial charge on any atom is -0.274 e. The molecule has 2 amide bonds. The number of carbonyl (C=O) groups excluding carboxylic acids is 2. The lowest BCUT2D eigenvalue weighted by atomic mass is 10.2. The molecular formula is C19H14F2N4O2S. The van der Waals surface area contributed by atoms with Gasteiger partial charge < -0.3 is 0 Å². The molecule has 1 aromatic heterocycles. The maximum atomic E-state index is 14.1. The lowest BCUT2D eigenvalue weighted by Gasteiger charge is -2.18. The van der Waals surface area contributed by atoms with Crippen LogP contribution in [-0.2, 0) is 4.79 Å². The predicted molar refractivity (Wildman–Crippen MR) is 103 cm³/mol. The van der Waals surface area contributed by atoms with Gasteiger partial charge >= 0.3 is 0 Å². The number of anilines is 2. The quantitative estimate of drug-likeness (QED) is 0.522. The number of rotatable bonds is 5. The van der Waals surface area contributed by atoms with E-state index in [1.807, 2.05) is 0 Å². The van der Waals surface area contributed by atoms with Crippen molar-refractivity contribution < 1.29 is 18.4 Å². The molecule has 0 aliphatic carbocycles. The highest BCUT2D eigenvalue weighted by Gasteiger charge is 2.20. The minimum atomic E-state index is -0.547. The molecule has 0 saturated carbocycles. The molecule has 28 heavy (non-hydrogen) atoms. The molecule has 0 atom stereocenters. The van der Waals surface area contributed by atoms with E-state index < -0.39 is 23.4 Å². The number of halogens is 2. The SMILES string of the molecule is CC(=O)N(c1nc(/C=N\NC(=O)c2ccc(F)cc2)cs1)c1ccccc1F. The topological polar surface area (TPSA) is 74.7 Å². The summed E-state index contributed by atoms with van der Waals surface area (Å²) in [4.78, 5) is 29.3. The maximum absolute atomic E-state index is 14.1. The Morgan fingerprint density at radius 2 is 1.86 bits per heavy atom. The third-order valence-corrected chi connectivity index (χ3v) is 4.42. The second kappa shape index (κ2) is 8.49. The summed E-state index contributed by atoms with van der Waals surface area (Å²) in [5.74, 6) is -1.90. The number of aromatic nitrogens is 1. The second-order valence-electron chi connectivity index (χ2n) is 5.57. The van der Waals surface area contributed by atoms with Crippen LogP contribution >= 0.6 is 11.3 Å². The van der Waals surface area contributed by atoms with Gasteiger partial charge in [0.1, 0.15) is 11.6 Å². The highest BCUT2D eigenvalue weighted by molar-refractivity contribution is 7.14. The fourth-order valence-corrected chi connectivity index (χ4v) is 3.13. The van der Waals surface area contributed by atoms with Crippen LogP contribution in [0.3, 0.4) is 0 Å². The lowest BCUT2D eigenvalue weighted by Crippen LogP contribution is -2.23. The third-order valence-electron chi connectivity index (χ3n) is 3.58. The van der Waals surface area contributed by atoms with Gasteiger partial charge in [-0.15, -0.1) is 11.3 Å². The van der Waals surface area contributed by atoms with Crippen LogP contribution in [0.5, 0.6) is 0 Å². The first-order chi connectivity index (χ1) is 13.5. The molecule has 3 aromatic rings. The Morgan fingerprint density at radius 1 is 1.14 bits per heavy atom. The molecule has 0 bridgehead atoms. The van der Waals surface area contributed by atoms with Crippen LogP contribution in [0.4, 0.5) is 19.6 Å². The molecule has 1 N–H and O–H groups in total. The average molecular weight is 400 g/mol. The van der Waals surface area contributed by atoms with Gasteiger partial charge in [-0.05, 0) is 36.4 Å². The van der Waals surface area contributed by atoms with Crippen molar-refractivity contribution in [2.24, 2.45) is 5.10 Å². The molecule has 0 aliphatic rings. The van der Waals surface area contributed by atoms with Crippen LogP contribution in [0.25, 0.3) is 0 Å². The molecule has 3 rings (SSSR count).